The van der Waals surface area contributed by atoms with Gasteiger partial charge in [0.05, 0.1) is 24.4 Å². The van der Waals surface area contributed by atoms with E-state index < -0.39 is 0 Å². The van der Waals surface area contributed by atoms with Crippen molar-refractivity contribution in [2.75, 3.05) is 0 Å². The number of rotatable bonds is 10. The summed E-state index contributed by atoms with van der Waals surface area (Å²) in [6, 6.07) is 0. The highest BCUT2D eigenvalue weighted by molar-refractivity contribution is 5.13. The van der Waals surface area contributed by atoms with Crippen LogP contribution in [0.3, 0.4) is 0 Å². The number of hydrogen-bond donors (Lipinski definition) is 4. The van der Waals surface area contributed by atoms with Crippen molar-refractivity contribution in [2.24, 2.45) is 105 Å². The highest BCUT2D eigenvalue weighted by Gasteiger charge is 2.64. The topological polar surface area (TPSA) is 80.9 Å². The summed E-state index contributed by atoms with van der Waals surface area (Å²) >= 11 is 0. The van der Waals surface area contributed by atoms with E-state index in [0.29, 0.717) is 57.2 Å². The van der Waals surface area contributed by atoms with Crippen LogP contribution in [-0.4, -0.2) is 44.8 Å². The van der Waals surface area contributed by atoms with E-state index in [1.807, 2.05) is 0 Å². The molecule has 8 aliphatic rings. The summed E-state index contributed by atoms with van der Waals surface area (Å²) < 4.78 is 0. The van der Waals surface area contributed by atoms with Crippen LogP contribution in [0.5, 0.6) is 0 Å². The molecule has 0 saturated heterocycles. The maximum Gasteiger partial charge on any atom is 0.0577 e. The molecule has 8 fully saturated rings. The maximum absolute atomic E-state index is 11.4. The average molecular weight is 809 g/mol. The molecule has 0 spiro atoms. The zero-order chi connectivity index (χ0) is 41.9. The van der Waals surface area contributed by atoms with Gasteiger partial charge in [-0.1, -0.05) is 108 Å². The zero-order valence-electron chi connectivity index (χ0n) is 39.7. The normalized spacial score (nSPS) is 50.7. The molecule has 4 nitrogen and oxygen atoms in total. The van der Waals surface area contributed by atoms with Gasteiger partial charge in [0.25, 0.3) is 0 Å². The van der Waals surface area contributed by atoms with Crippen LogP contribution < -0.4 is 0 Å². The highest BCUT2D eigenvalue weighted by atomic mass is 16.3. The Bertz CT molecular complexity index is 1250. The molecule has 6 unspecified atom stereocenters. The number of aliphatic hydroxyl groups excluding tert-OH is 4. The maximum atomic E-state index is 11.4. The monoisotopic (exact) mass is 809 g/mol. The molecular weight excluding hydrogens is 713 g/mol. The van der Waals surface area contributed by atoms with Crippen LogP contribution in [0.15, 0.2) is 0 Å². The first-order valence-corrected chi connectivity index (χ1v) is 26.1. The van der Waals surface area contributed by atoms with Gasteiger partial charge in [0, 0.05) is 0 Å². The van der Waals surface area contributed by atoms with Gasteiger partial charge in [-0.05, 0) is 207 Å². The minimum atomic E-state index is -0.136. The summed E-state index contributed by atoms with van der Waals surface area (Å²) in [4.78, 5) is 0. The molecule has 0 radical (unpaired) electrons. The van der Waals surface area contributed by atoms with Gasteiger partial charge in [0.15, 0.2) is 0 Å². The molecule has 8 rings (SSSR count). The first-order valence-electron chi connectivity index (χ1n) is 26.1. The Kier molecular flexibility index (Phi) is 14.1. The van der Waals surface area contributed by atoms with Crippen LogP contribution in [0.1, 0.15) is 210 Å². The Morgan fingerprint density at radius 1 is 0.414 bits per heavy atom. The standard InChI is InChI=1S/2C27H48O2/c2*1-17(2)7-6-8-18(3)21-9-10-22-25-23(12-14-27(21,22)5)26(4)13-11-20(28)15-19(26)16-24(25)29/h2*17-25,28-29H,6-16H2,1-5H3/t18-,19-,20+,21-,22?,23?,24+,25?,26+,27-;18-,19-,20+,21-,22?,23?,24-,25?,26+,27-/m11/s1. The fourth-order valence-corrected chi connectivity index (χ4v) is 18.4. The Morgan fingerprint density at radius 2 is 0.759 bits per heavy atom. The van der Waals surface area contributed by atoms with Gasteiger partial charge in [-0.25, -0.2) is 0 Å². The van der Waals surface area contributed by atoms with E-state index in [9.17, 15) is 20.4 Å². The molecule has 8 saturated carbocycles. The second-order valence-electron chi connectivity index (χ2n) is 25.5. The van der Waals surface area contributed by atoms with Gasteiger partial charge >= 0.3 is 0 Å². The Hall–Kier alpha value is -0.160. The van der Waals surface area contributed by atoms with Crippen LogP contribution in [0.2, 0.25) is 0 Å². The first-order chi connectivity index (χ1) is 27.3. The molecule has 0 aromatic heterocycles. The van der Waals surface area contributed by atoms with Gasteiger partial charge in [0.1, 0.15) is 0 Å². The molecule has 4 N–H and O–H groups in total. The molecular formula is C54H96O4. The van der Waals surface area contributed by atoms with Gasteiger partial charge in [-0.2, -0.15) is 0 Å². The van der Waals surface area contributed by atoms with Crippen molar-refractivity contribution < 1.29 is 20.4 Å². The van der Waals surface area contributed by atoms with Crippen LogP contribution in [0.4, 0.5) is 0 Å². The van der Waals surface area contributed by atoms with Gasteiger partial charge in [0.2, 0.25) is 0 Å². The molecule has 4 heteroatoms. The summed E-state index contributed by atoms with van der Waals surface area (Å²) in [7, 11) is 0. The second kappa shape index (κ2) is 17.8. The second-order valence-corrected chi connectivity index (χ2v) is 25.5. The van der Waals surface area contributed by atoms with E-state index in [1.165, 1.54) is 103 Å². The molecule has 0 aromatic carbocycles. The van der Waals surface area contributed by atoms with E-state index >= 15 is 0 Å². The fourth-order valence-electron chi connectivity index (χ4n) is 18.4. The van der Waals surface area contributed by atoms with Crippen molar-refractivity contribution >= 4 is 0 Å². The molecule has 0 aliphatic heterocycles. The van der Waals surface area contributed by atoms with E-state index in [0.717, 1.165) is 85.9 Å². The van der Waals surface area contributed by atoms with Gasteiger partial charge < -0.3 is 20.4 Å². The van der Waals surface area contributed by atoms with Gasteiger partial charge in [-0.15, -0.1) is 0 Å². The summed E-state index contributed by atoms with van der Waals surface area (Å²) in [5, 5.41) is 43.2. The van der Waals surface area contributed by atoms with E-state index in [1.54, 1.807) is 0 Å². The third-order valence-corrected chi connectivity index (χ3v) is 21.7. The summed E-state index contributed by atoms with van der Waals surface area (Å²) in [6.45, 7) is 24.7. The smallest absolute Gasteiger partial charge is 0.0577 e. The van der Waals surface area contributed by atoms with E-state index in [-0.39, 0.29) is 24.4 Å². The predicted molar refractivity (Wildman–Crippen MR) is 241 cm³/mol. The van der Waals surface area contributed by atoms with E-state index in [2.05, 4.69) is 69.2 Å². The van der Waals surface area contributed by atoms with Crippen molar-refractivity contribution in [1.82, 2.24) is 0 Å². The lowest BCUT2D eigenvalue weighted by Crippen LogP contribution is -2.58. The predicted octanol–water partition coefficient (Wildman–Crippen LogP) is 12.9. The van der Waals surface area contributed by atoms with Crippen LogP contribution in [0, 0.1) is 105 Å². The third-order valence-electron chi connectivity index (χ3n) is 21.7. The number of hydrogen-bond acceptors (Lipinski definition) is 4. The quantitative estimate of drug-likeness (QED) is 0.177. The molecule has 20 atom stereocenters. The molecule has 8 aliphatic carbocycles. The SMILES string of the molecule is CC(C)CCC[C@@H](C)[C@H]1CCC2C3C(CC[C@@]21C)[C@@]1(C)CC[C@H](O)C[C@@H]1C[C@@H]3O.CC(C)CCC[C@@H](C)[C@H]1CCC2C3C(CC[C@@]21C)[C@@]1(C)CC[C@H](O)C[C@@H]1C[C@H]3O. The molecule has 0 aromatic rings. The minimum Gasteiger partial charge on any atom is -0.393 e. The summed E-state index contributed by atoms with van der Waals surface area (Å²) in [5.41, 5.74) is 1.59. The summed E-state index contributed by atoms with van der Waals surface area (Å²) in [6.07, 6.45) is 26.6. The van der Waals surface area contributed by atoms with Crippen molar-refractivity contribution in [2.45, 2.75) is 235 Å². The first kappa shape index (κ1) is 45.9. The Balaban J connectivity index is 0.000000177. The van der Waals surface area contributed by atoms with Crippen molar-refractivity contribution in [3.63, 3.8) is 0 Å². The Labute approximate surface area is 358 Å². The lowest BCUT2D eigenvalue weighted by molar-refractivity contribution is -0.174. The minimum absolute atomic E-state index is 0.131. The van der Waals surface area contributed by atoms with Gasteiger partial charge in [-0.3, -0.25) is 0 Å². The van der Waals surface area contributed by atoms with Crippen LogP contribution in [0.25, 0.3) is 0 Å². The average Bonchev–Trinajstić information content (AvgIpc) is 3.70. The van der Waals surface area contributed by atoms with Crippen LogP contribution in [-0.2, 0) is 0 Å². The molecule has 0 bridgehead atoms. The highest BCUT2D eigenvalue weighted by Crippen LogP contribution is 2.70. The van der Waals surface area contributed by atoms with Crippen molar-refractivity contribution in [3.8, 4) is 0 Å². The Morgan fingerprint density at radius 3 is 1.12 bits per heavy atom. The molecule has 58 heavy (non-hydrogen) atoms. The molecule has 336 valence electrons. The van der Waals surface area contributed by atoms with Crippen LogP contribution >= 0.6 is 0 Å². The molecule has 0 amide bonds. The zero-order valence-corrected chi connectivity index (χ0v) is 39.7. The number of aliphatic hydroxyl groups is 4. The third kappa shape index (κ3) is 8.35. The lowest BCUT2D eigenvalue weighted by Gasteiger charge is -2.62. The fraction of sp³-hybridized carbons (Fsp3) is 1.00. The largest absolute Gasteiger partial charge is 0.393 e. The van der Waals surface area contributed by atoms with Crippen molar-refractivity contribution in [3.05, 3.63) is 0 Å². The number of fused-ring (bicyclic) bond motifs is 10. The molecule has 0 heterocycles. The van der Waals surface area contributed by atoms with Crippen molar-refractivity contribution in [1.29, 1.82) is 0 Å². The van der Waals surface area contributed by atoms with E-state index in [4.69, 9.17) is 0 Å². The summed E-state index contributed by atoms with van der Waals surface area (Å²) in [5.74, 6) is 9.88. The lowest BCUT2D eigenvalue weighted by atomic mass is 9.43.